The lowest BCUT2D eigenvalue weighted by Gasteiger charge is -2.33. The molecule has 0 spiro atoms. The molecule has 0 radical (unpaired) electrons. The molecule has 6 nitrogen and oxygen atoms in total. The van der Waals surface area contributed by atoms with Gasteiger partial charge in [-0.05, 0) is 38.7 Å². The summed E-state index contributed by atoms with van der Waals surface area (Å²) in [5.41, 5.74) is 7.24. The van der Waals surface area contributed by atoms with Gasteiger partial charge in [-0.15, -0.1) is 0 Å². The Morgan fingerprint density at radius 1 is 1.33 bits per heavy atom. The van der Waals surface area contributed by atoms with Crippen LogP contribution >= 0.6 is 11.6 Å². The van der Waals surface area contributed by atoms with E-state index < -0.39 is 11.2 Å². The second-order valence-electron chi connectivity index (χ2n) is 7.90. The molecule has 0 atom stereocenters. The molecular formula is C22H25ClFN3O3. The van der Waals surface area contributed by atoms with Crippen LogP contribution in [-0.4, -0.2) is 37.1 Å². The maximum atomic E-state index is 15.3. The first-order chi connectivity index (χ1) is 14.4. The molecule has 30 heavy (non-hydrogen) atoms. The van der Waals surface area contributed by atoms with Crippen LogP contribution in [0.4, 0.5) is 10.1 Å². The van der Waals surface area contributed by atoms with Crippen molar-refractivity contribution in [3.63, 3.8) is 0 Å². The molecule has 2 fully saturated rings. The van der Waals surface area contributed by atoms with Crippen LogP contribution in [0.1, 0.15) is 49.0 Å². The summed E-state index contributed by atoms with van der Waals surface area (Å²) < 4.78 is 22.9. The number of aromatic nitrogens is 1. The summed E-state index contributed by atoms with van der Waals surface area (Å²) in [5.74, 6) is -0.523. The molecule has 1 aliphatic carbocycles. The number of pyridine rings is 1. The summed E-state index contributed by atoms with van der Waals surface area (Å²) in [7, 11) is 1.49. The number of Topliss-reactive ketones (excluding diaryl/α,β-unsaturated/α-hetero) is 1. The number of carbonyl (C=O) groups excluding carboxylic acids is 1. The third-order valence-corrected chi connectivity index (χ3v) is 6.39. The van der Waals surface area contributed by atoms with Crippen LogP contribution in [0, 0.1) is 5.82 Å². The molecule has 0 unspecified atom stereocenters. The van der Waals surface area contributed by atoms with Gasteiger partial charge in [-0.1, -0.05) is 17.2 Å². The lowest BCUT2D eigenvalue weighted by Crippen LogP contribution is -2.32. The van der Waals surface area contributed by atoms with Crippen LogP contribution in [0.5, 0.6) is 5.75 Å². The smallest absolute Gasteiger partial charge is 0.200 e. The lowest BCUT2D eigenvalue weighted by atomic mass is 10.0. The van der Waals surface area contributed by atoms with Crippen molar-refractivity contribution in [3.8, 4) is 5.75 Å². The van der Waals surface area contributed by atoms with Gasteiger partial charge in [0.2, 0.25) is 0 Å². The first-order valence-corrected chi connectivity index (χ1v) is 10.5. The van der Waals surface area contributed by atoms with Crippen LogP contribution in [0.3, 0.4) is 0 Å². The Labute approximate surface area is 179 Å². The highest BCUT2D eigenvalue weighted by Crippen LogP contribution is 2.44. The number of fused-ring (bicyclic) bond motifs is 1. The SMILES string of the molecule is COc1c(N2CCC(=C(Cl)CN)CC2)c(F)cc2c(=O)c(C(C)=O)cn(C3CC3)c12. The number of methoxy groups -OCH3 is 1. The molecular weight excluding hydrogens is 409 g/mol. The molecule has 1 saturated carbocycles. The topological polar surface area (TPSA) is 77.6 Å². The quantitative estimate of drug-likeness (QED) is 0.727. The maximum Gasteiger partial charge on any atom is 0.200 e. The number of halogens is 2. The van der Waals surface area contributed by atoms with Gasteiger partial charge in [0.25, 0.3) is 0 Å². The van der Waals surface area contributed by atoms with Gasteiger partial charge in [-0.3, -0.25) is 9.59 Å². The van der Waals surface area contributed by atoms with Crippen molar-refractivity contribution in [2.45, 2.75) is 38.6 Å². The van der Waals surface area contributed by atoms with E-state index in [1.54, 1.807) is 6.20 Å². The first kappa shape index (κ1) is 20.9. The Balaban J connectivity index is 1.89. The van der Waals surface area contributed by atoms with Crippen molar-refractivity contribution in [1.29, 1.82) is 0 Å². The van der Waals surface area contributed by atoms with Crippen LogP contribution in [0.15, 0.2) is 27.7 Å². The van der Waals surface area contributed by atoms with E-state index in [1.807, 2.05) is 9.47 Å². The summed E-state index contributed by atoms with van der Waals surface area (Å²) in [6, 6.07) is 1.43. The van der Waals surface area contributed by atoms with Gasteiger partial charge in [0, 0.05) is 36.9 Å². The number of anilines is 1. The number of nitrogens with zero attached hydrogens (tertiary/aromatic N) is 2. The zero-order valence-corrected chi connectivity index (χ0v) is 17.9. The van der Waals surface area contributed by atoms with Crippen LogP contribution < -0.4 is 20.8 Å². The Morgan fingerprint density at radius 2 is 2.00 bits per heavy atom. The second kappa shape index (κ2) is 8.04. The minimum Gasteiger partial charge on any atom is -0.492 e. The normalized spacial score (nSPS) is 16.8. The van der Waals surface area contributed by atoms with Crippen LogP contribution in [0.2, 0.25) is 0 Å². The van der Waals surface area contributed by atoms with E-state index in [-0.39, 0.29) is 22.8 Å². The second-order valence-corrected chi connectivity index (χ2v) is 8.36. The number of hydrogen-bond donors (Lipinski definition) is 1. The molecule has 2 N–H and O–H groups in total. The average molecular weight is 434 g/mol. The van der Waals surface area contributed by atoms with Gasteiger partial charge in [0.1, 0.15) is 5.69 Å². The monoisotopic (exact) mass is 433 g/mol. The van der Waals surface area contributed by atoms with Crippen molar-refractivity contribution in [3.05, 3.63) is 44.5 Å². The van der Waals surface area contributed by atoms with E-state index in [1.165, 1.54) is 20.1 Å². The van der Waals surface area contributed by atoms with E-state index in [4.69, 9.17) is 22.1 Å². The van der Waals surface area contributed by atoms with E-state index in [0.717, 1.165) is 18.4 Å². The van der Waals surface area contributed by atoms with E-state index in [2.05, 4.69) is 0 Å². The summed E-state index contributed by atoms with van der Waals surface area (Å²) >= 11 is 6.20. The summed E-state index contributed by atoms with van der Waals surface area (Å²) in [5, 5.41) is 0.844. The van der Waals surface area contributed by atoms with Gasteiger partial charge in [0.15, 0.2) is 22.8 Å². The molecule has 2 heterocycles. The molecule has 1 aromatic carbocycles. The first-order valence-electron chi connectivity index (χ1n) is 10.1. The minimum atomic E-state index is -0.531. The Morgan fingerprint density at radius 3 is 2.53 bits per heavy atom. The van der Waals surface area contributed by atoms with Gasteiger partial charge in [-0.2, -0.15) is 0 Å². The maximum absolute atomic E-state index is 15.3. The fraction of sp³-hybridized carbons (Fsp3) is 0.455. The number of hydrogen-bond acceptors (Lipinski definition) is 5. The predicted octanol–water partition coefficient (Wildman–Crippen LogP) is 3.74. The number of ether oxygens (including phenoxy) is 1. The van der Waals surface area contributed by atoms with Crippen molar-refractivity contribution >= 4 is 34.0 Å². The van der Waals surface area contributed by atoms with Gasteiger partial charge in [-0.25, -0.2) is 4.39 Å². The number of rotatable bonds is 5. The molecule has 1 aromatic heterocycles. The van der Waals surface area contributed by atoms with Gasteiger partial charge in [0.05, 0.1) is 23.6 Å². The largest absolute Gasteiger partial charge is 0.492 e. The molecule has 0 bridgehead atoms. The standard InChI is InChI=1S/C22H25ClFN3O3/c1-12(28)16-11-27(14-3-4-14)19-15(21(16)29)9-18(24)20(22(19)30-2)26-7-5-13(6-8-26)17(23)10-25/h9,11,14H,3-8,10,25H2,1-2H3. The van der Waals surface area contributed by atoms with Gasteiger partial charge < -0.3 is 19.9 Å². The fourth-order valence-electron chi connectivity index (χ4n) is 4.24. The zero-order chi connectivity index (χ0) is 21.6. The van der Waals surface area contributed by atoms with E-state index >= 15 is 4.39 Å². The van der Waals surface area contributed by atoms with Crippen LogP contribution in [-0.2, 0) is 0 Å². The molecule has 160 valence electrons. The van der Waals surface area contributed by atoms with Crippen molar-refractivity contribution in [1.82, 2.24) is 4.57 Å². The summed E-state index contributed by atoms with van der Waals surface area (Å²) in [4.78, 5) is 26.8. The third kappa shape index (κ3) is 3.50. The third-order valence-electron chi connectivity index (χ3n) is 5.97. The predicted molar refractivity (Wildman–Crippen MR) is 116 cm³/mol. The molecule has 2 aliphatic rings. The number of nitrogens with two attached hydrogens (primary N) is 1. The van der Waals surface area contributed by atoms with Crippen molar-refractivity contribution in [2.24, 2.45) is 5.73 Å². The van der Waals surface area contributed by atoms with E-state index in [0.29, 0.717) is 54.5 Å². The molecule has 4 rings (SSSR count). The lowest BCUT2D eigenvalue weighted by molar-refractivity contribution is 0.101. The summed E-state index contributed by atoms with van der Waals surface area (Å²) in [6.07, 6.45) is 4.87. The Hall–Kier alpha value is -2.38. The number of piperidine rings is 1. The van der Waals surface area contributed by atoms with Crippen LogP contribution in [0.25, 0.3) is 10.9 Å². The minimum absolute atomic E-state index is 0.0766. The number of ketones is 1. The van der Waals surface area contributed by atoms with Gasteiger partial charge >= 0.3 is 0 Å². The number of benzene rings is 1. The molecule has 1 saturated heterocycles. The highest BCUT2D eigenvalue weighted by atomic mass is 35.5. The summed E-state index contributed by atoms with van der Waals surface area (Å²) in [6.45, 7) is 2.80. The highest BCUT2D eigenvalue weighted by molar-refractivity contribution is 6.30. The Kier molecular flexibility index (Phi) is 5.59. The molecule has 0 amide bonds. The molecule has 1 aliphatic heterocycles. The van der Waals surface area contributed by atoms with E-state index in [9.17, 15) is 9.59 Å². The zero-order valence-electron chi connectivity index (χ0n) is 17.1. The molecule has 8 heteroatoms. The molecule has 2 aromatic rings. The van der Waals surface area contributed by atoms with Crippen molar-refractivity contribution in [2.75, 3.05) is 31.6 Å². The fourth-order valence-corrected chi connectivity index (χ4v) is 4.43. The highest BCUT2D eigenvalue weighted by Gasteiger charge is 2.31. The number of carbonyl (C=O) groups is 1. The Bertz CT molecular complexity index is 1110. The average Bonchev–Trinajstić information content (AvgIpc) is 3.58. The van der Waals surface area contributed by atoms with Crippen molar-refractivity contribution < 1.29 is 13.9 Å².